The molecule has 0 fully saturated rings. The van der Waals surface area contributed by atoms with Gasteiger partial charge in [0.1, 0.15) is 5.75 Å². The topological polar surface area (TPSA) is 50.9 Å². The van der Waals surface area contributed by atoms with E-state index in [1.54, 1.807) is 12.1 Å². The highest BCUT2D eigenvalue weighted by Gasteiger charge is 2.21. The fraction of sp³-hybridized carbons (Fsp3) is 0.238. The van der Waals surface area contributed by atoms with Crippen LogP contribution in [0.2, 0.25) is 0 Å². The van der Waals surface area contributed by atoms with Gasteiger partial charge in [0.05, 0.1) is 22.9 Å². The Morgan fingerprint density at radius 1 is 0.960 bits per heavy atom. The van der Waals surface area contributed by atoms with Gasteiger partial charge in [-0.05, 0) is 73.2 Å². The van der Waals surface area contributed by atoms with Crippen LogP contribution >= 0.6 is 0 Å². The number of pyridine rings is 1. The Balaban J connectivity index is 1.88. The first-order chi connectivity index (χ1) is 12.2. The molecule has 0 saturated heterocycles. The van der Waals surface area contributed by atoms with Crippen molar-refractivity contribution in [2.24, 2.45) is 7.05 Å². The number of rotatable bonds is 1. The van der Waals surface area contributed by atoms with Crippen molar-refractivity contribution in [1.82, 2.24) is 14.8 Å². The minimum Gasteiger partial charge on any atom is -0.508 e. The summed E-state index contributed by atoms with van der Waals surface area (Å²) >= 11 is 0. The number of aromatic hydroxyl groups is 1. The van der Waals surface area contributed by atoms with E-state index in [4.69, 9.17) is 4.98 Å². The first-order valence-corrected chi connectivity index (χ1v) is 8.78. The third-order valence-corrected chi connectivity index (χ3v) is 5.34. The smallest absolute Gasteiger partial charge is 0.115 e. The van der Waals surface area contributed by atoms with Gasteiger partial charge < -0.3 is 5.11 Å². The molecule has 0 unspecified atom stereocenters. The molecule has 4 aromatic rings. The van der Waals surface area contributed by atoms with Crippen molar-refractivity contribution in [1.29, 1.82) is 0 Å². The van der Waals surface area contributed by atoms with E-state index in [2.05, 4.69) is 17.2 Å². The molecular weight excluding hydrogens is 310 g/mol. The quantitative estimate of drug-likeness (QED) is 0.564. The predicted octanol–water partition coefficient (Wildman–Crippen LogP) is 4.37. The molecule has 0 bridgehead atoms. The van der Waals surface area contributed by atoms with Crippen LogP contribution in [0.3, 0.4) is 0 Å². The number of phenolic OH excluding ortho intramolecular Hbond substituents is 1. The molecule has 4 nitrogen and oxygen atoms in total. The van der Waals surface area contributed by atoms with Gasteiger partial charge in [-0.2, -0.15) is 5.10 Å². The van der Waals surface area contributed by atoms with Crippen LogP contribution in [0.5, 0.6) is 5.75 Å². The molecule has 5 rings (SSSR count). The Morgan fingerprint density at radius 2 is 1.72 bits per heavy atom. The molecule has 2 aromatic heterocycles. The second-order valence-corrected chi connectivity index (χ2v) is 6.83. The average molecular weight is 329 g/mol. The summed E-state index contributed by atoms with van der Waals surface area (Å²) in [6, 6.07) is 11.6. The van der Waals surface area contributed by atoms with E-state index in [-0.39, 0.29) is 5.75 Å². The molecule has 2 heterocycles. The zero-order valence-electron chi connectivity index (χ0n) is 14.2. The maximum absolute atomic E-state index is 9.60. The average Bonchev–Trinajstić information content (AvgIpc) is 3.03. The van der Waals surface area contributed by atoms with E-state index in [1.165, 1.54) is 34.7 Å². The molecule has 2 aromatic carbocycles. The van der Waals surface area contributed by atoms with Crippen LogP contribution in [-0.2, 0) is 19.9 Å². The van der Waals surface area contributed by atoms with E-state index >= 15 is 0 Å². The van der Waals surface area contributed by atoms with Crippen molar-refractivity contribution < 1.29 is 5.11 Å². The molecule has 0 aliphatic heterocycles. The van der Waals surface area contributed by atoms with Crippen molar-refractivity contribution in [3.63, 3.8) is 0 Å². The highest BCUT2D eigenvalue weighted by molar-refractivity contribution is 6.08. The van der Waals surface area contributed by atoms with Crippen LogP contribution in [0.25, 0.3) is 33.1 Å². The maximum Gasteiger partial charge on any atom is 0.115 e. The van der Waals surface area contributed by atoms with Crippen LogP contribution in [0.15, 0.2) is 42.6 Å². The van der Waals surface area contributed by atoms with Gasteiger partial charge in [-0.1, -0.05) is 0 Å². The molecular formula is C21H19N3O. The number of benzene rings is 2. The lowest BCUT2D eigenvalue weighted by Crippen LogP contribution is -2.08. The third kappa shape index (κ3) is 2.14. The summed E-state index contributed by atoms with van der Waals surface area (Å²) < 4.78 is 1.93. The number of aryl methyl sites for hydroxylation is 2. The number of aromatic nitrogens is 3. The summed E-state index contributed by atoms with van der Waals surface area (Å²) in [7, 11) is 1.98. The fourth-order valence-corrected chi connectivity index (χ4v) is 4.12. The minimum absolute atomic E-state index is 0.287. The van der Waals surface area contributed by atoms with Gasteiger partial charge in [0.2, 0.25) is 0 Å². The number of fused-ring (bicyclic) bond motifs is 5. The van der Waals surface area contributed by atoms with Gasteiger partial charge in [0.25, 0.3) is 0 Å². The molecule has 124 valence electrons. The highest BCUT2D eigenvalue weighted by atomic mass is 16.3. The van der Waals surface area contributed by atoms with Gasteiger partial charge in [-0.15, -0.1) is 0 Å². The summed E-state index contributed by atoms with van der Waals surface area (Å²) in [4.78, 5) is 5.03. The Labute approximate surface area is 145 Å². The van der Waals surface area contributed by atoms with Gasteiger partial charge in [0, 0.05) is 23.4 Å². The monoisotopic (exact) mass is 329 g/mol. The van der Waals surface area contributed by atoms with Crippen LogP contribution in [0.1, 0.15) is 24.0 Å². The maximum atomic E-state index is 9.60. The number of nitrogens with zero attached hydrogens (tertiary/aromatic N) is 3. The molecule has 0 saturated carbocycles. The Hall–Kier alpha value is -2.88. The van der Waals surface area contributed by atoms with E-state index in [1.807, 2.05) is 30.1 Å². The van der Waals surface area contributed by atoms with Crippen LogP contribution in [0, 0.1) is 0 Å². The van der Waals surface area contributed by atoms with Gasteiger partial charge >= 0.3 is 0 Å². The molecule has 1 aliphatic carbocycles. The predicted molar refractivity (Wildman–Crippen MR) is 99.8 cm³/mol. The zero-order valence-corrected chi connectivity index (χ0v) is 14.2. The molecule has 0 amide bonds. The summed E-state index contributed by atoms with van der Waals surface area (Å²) in [5, 5.41) is 16.5. The number of phenols is 1. The molecule has 0 atom stereocenters. The van der Waals surface area contributed by atoms with Crippen molar-refractivity contribution in [2.75, 3.05) is 0 Å². The Morgan fingerprint density at radius 3 is 2.52 bits per heavy atom. The number of hydrogen-bond acceptors (Lipinski definition) is 3. The normalized spacial score (nSPS) is 14.1. The van der Waals surface area contributed by atoms with Crippen molar-refractivity contribution in [2.45, 2.75) is 25.7 Å². The molecule has 0 spiro atoms. The lowest BCUT2D eigenvalue weighted by molar-refractivity contribution is 0.475. The van der Waals surface area contributed by atoms with Crippen LogP contribution in [-0.4, -0.2) is 19.9 Å². The fourth-order valence-electron chi connectivity index (χ4n) is 4.12. The lowest BCUT2D eigenvalue weighted by atomic mass is 9.85. The Kier molecular flexibility index (Phi) is 3.07. The molecule has 4 heteroatoms. The first-order valence-electron chi connectivity index (χ1n) is 8.78. The standard InChI is InChI=1S/C21H19N3O/c1-24-19-11-10-18-20(17(19)12-22-24)15-4-2-3-5-16(15)21(23-18)13-6-8-14(25)9-7-13/h6-12,25H,2-5H2,1H3. The van der Waals surface area contributed by atoms with Crippen molar-refractivity contribution >= 4 is 21.8 Å². The zero-order chi connectivity index (χ0) is 17.0. The second kappa shape index (κ2) is 5.31. The van der Waals surface area contributed by atoms with Crippen LogP contribution in [0.4, 0.5) is 0 Å². The van der Waals surface area contributed by atoms with Crippen molar-refractivity contribution in [3.05, 3.63) is 53.7 Å². The summed E-state index contributed by atoms with van der Waals surface area (Å²) in [5.74, 6) is 0.287. The summed E-state index contributed by atoms with van der Waals surface area (Å²) in [6.45, 7) is 0. The second-order valence-electron chi connectivity index (χ2n) is 6.83. The van der Waals surface area contributed by atoms with Gasteiger partial charge in [0.15, 0.2) is 0 Å². The van der Waals surface area contributed by atoms with Crippen LogP contribution < -0.4 is 0 Å². The van der Waals surface area contributed by atoms with Gasteiger partial charge in [-0.25, -0.2) is 4.98 Å². The molecule has 25 heavy (non-hydrogen) atoms. The summed E-state index contributed by atoms with van der Waals surface area (Å²) in [5.41, 5.74) is 7.11. The molecule has 1 N–H and O–H groups in total. The Bertz CT molecular complexity index is 1110. The van der Waals surface area contributed by atoms with E-state index in [0.29, 0.717) is 0 Å². The molecule has 1 aliphatic rings. The molecule has 0 radical (unpaired) electrons. The third-order valence-electron chi connectivity index (χ3n) is 5.34. The van der Waals surface area contributed by atoms with Crippen molar-refractivity contribution in [3.8, 4) is 17.0 Å². The largest absolute Gasteiger partial charge is 0.508 e. The van der Waals surface area contributed by atoms with Gasteiger partial charge in [-0.3, -0.25) is 4.68 Å². The SMILES string of the molecule is Cn1ncc2c3c4c(c(-c5ccc(O)cc5)nc3ccc21)CCCC4. The lowest BCUT2D eigenvalue weighted by Gasteiger charge is -2.22. The number of hydrogen-bond donors (Lipinski definition) is 1. The highest BCUT2D eigenvalue weighted by Crippen LogP contribution is 2.38. The summed E-state index contributed by atoms with van der Waals surface area (Å²) in [6.07, 6.45) is 6.54. The van der Waals surface area contributed by atoms with E-state index in [9.17, 15) is 5.11 Å². The van der Waals surface area contributed by atoms with E-state index in [0.717, 1.165) is 35.1 Å². The first kappa shape index (κ1) is 14.5. The minimum atomic E-state index is 0.287. The van der Waals surface area contributed by atoms with E-state index < -0.39 is 0 Å².